The second-order valence-corrected chi connectivity index (χ2v) is 4.73. The Bertz CT molecular complexity index is 722. The van der Waals surface area contributed by atoms with Crippen LogP contribution in [-0.4, -0.2) is 20.0 Å². The highest BCUT2D eigenvalue weighted by Crippen LogP contribution is 2.21. The van der Waals surface area contributed by atoms with Gasteiger partial charge in [-0.2, -0.15) is 15.0 Å². The van der Waals surface area contributed by atoms with Gasteiger partial charge in [-0.15, -0.1) is 0 Å². The monoisotopic (exact) mass is 280 g/mol. The first kappa shape index (κ1) is 13.4. The lowest BCUT2D eigenvalue weighted by Crippen LogP contribution is -2.30. The van der Waals surface area contributed by atoms with Crippen molar-refractivity contribution in [1.29, 1.82) is 0 Å². The summed E-state index contributed by atoms with van der Waals surface area (Å²) in [7, 11) is 0. The van der Waals surface area contributed by atoms with Gasteiger partial charge in [0.1, 0.15) is 5.69 Å². The molecular weight excluding hydrogens is 264 g/mol. The molecule has 6 heteroatoms. The Morgan fingerprint density at radius 2 is 1.95 bits per heavy atom. The molecule has 3 rings (SSSR count). The van der Waals surface area contributed by atoms with Gasteiger partial charge < -0.3 is 0 Å². The number of hydrogen-bond acceptors (Lipinski definition) is 5. The molecule has 0 bridgehead atoms. The Morgan fingerprint density at radius 1 is 1.14 bits per heavy atom. The predicted octanol–water partition coefficient (Wildman–Crippen LogP) is 1.52. The number of hydrogen-bond donors (Lipinski definition) is 2. The molecule has 0 fully saturated rings. The third-order valence-electron chi connectivity index (χ3n) is 3.35. The quantitative estimate of drug-likeness (QED) is 0.559. The standard InChI is InChI=1S/C15H16N6/c1-11-7-8-17-9-13(11)15(19-16)14-10-18-21(20-14)12-5-3-2-4-6-12/h2-10,15,19H,16H2,1H3. The van der Waals surface area contributed by atoms with Crippen LogP contribution in [-0.2, 0) is 0 Å². The molecule has 2 aromatic heterocycles. The van der Waals surface area contributed by atoms with E-state index >= 15 is 0 Å². The lowest BCUT2D eigenvalue weighted by molar-refractivity contribution is 0.604. The van der Waals surface area contributed by atoms with Crippen LogP contribution in [0.2, 0.25) is 0 Å². The fourth-order valence-corrected chi connectivity index (χ4v) is 2.21. The molecule has 21 heavy (non-hydrogen) atoms. The van der Waals surface area contributed by atoms with Crippen LogP contribution in [0.25, 0.3) is 5.69 Å². The van der Waals surface area contributed by atoms with E-state index in [1.165, 1.54) is 0 Å². The summed E-state index contributed by atoms with van der Waals surface area (Å²) in [6.07, 6.45) is 5.26. The van der Waals surface area contributed by atoms with E-state index in [0.29, 0.717) is 0 Å². The zero-order valence-corrected chi connectivity index (χ0v) is 11.6. The molecule has 0 amide bonds. The maximum Gasteiger partial charge on any atom is 0.106 e. The van der Waals surface area contributed by atoms with E-state index in [9.17, 15) is 0 Å². The Balaban J connectivity index is 1.96. The number of aryl methyl sites for hydroxylation is 1. The van der Waals surface area contributed by atoms with Gasteiger partial charge in [-0.3, -0.25) is 10.8 Å². The summed E-state index contributed by atoms with van der Waals surface area (Å²) in [6, 6.07) is 11.5. The Hall–Kier alpha value is -2.57. The normalized spacial score (nSPS) is 12.3. The van der Waals surface area contributed by atoms with Gasteiger partial charge in [-0.25, -0.2) is 5.43 Å². The van der Waals surface area contributed by atoms with Crippen LogP contribution in [0.3, 0.4) is 0 Å². The molecule has 1 aromatic carbocycles. The summed E-state index contributed by atoms with van der Waals surface area (Å²) in [6.45, 7) is 2.02. The summed E-state index contributed by atoms with van der Waals surface area (Å²) < 4.78 is 0. The van der Waals surface area contributed by atoms with E-state index in [1.54, 1.807) is 23.4 Å². The number of hydrazine groups is 1. The highest BCUT2D eigenvalue weighted by atomic mass is 15.5. The summed E-state index contributed by atoms with van der Waals surface area (Å²) in [5, 5.41) is 8.80. The van der Waals surface area contributed by atoms with Gasteiger partial charge in [0.25, 0.3) is 0 Å². The number of aromatic nitrogens is 4. The smallest absolute Gasteiger partial charge is 0.106 e. The van der Waals surface area contributed by atoms with Crippen molar-refractivity contribution in [3.63, 3.8) is 0 Å². The van der Waals surface area contributed by atoms with E-state index in [1.807, 2.05) is 43.3 Å². The largest absolute Gasteiger partial charge is 0.271 e. The number of nitrogens with two attached hydrogens (primary N) is 1. The summed E-state index contributed by atoms with van der Waals surface area (Å²) in [5.41, 5.74) is 6.52. The van der Waals surface area contributed by atoms with Crippen molar-refractivity contribution in [3.05, 3.63) is 71.8 Å². The average molecular weight is 280 g/mol. The molecule has 106 valence electrons. The molecule has 0 radical (unpaired) electrons. The van der Waals surface area contributed by atoms with Crippen LogP contribution in [0.1, 0.15) is 22.9 Å². The lowest BCUT2D eigenvalue weighted by Gasteiger charge is -2.15. The summed E-state index contributed by atoms with van der Waals surface area (Å²) in [5.74, 6) is 5.70. The number of benzene rings is 1. The highest BCUT2D eigenvalue weighted by molar-refractivity contribution is 5.32. The van der Waals surface area contributed by atoms with E-state index in [2.05, 4.69) is 20.6 Å². The fourth-order valence-electron chi connectivity index (χ4n) is 2.21. The topological polar surface area (TPSA) is 81.6 Å². The van der Waals surface area contributed by atoms with Gasteiger partial charge in [-0.1, -0.05) is 18.2 Å². The maximum absolute atomic E-state index is 5.70. The van der Waals surface area contributed by atoms with Crippen LogP contribution < -0.4 is 11.3 Å². The number of nitrogens with zero attached hydrogens (tertiary/aromatic N) is 4. The predicted molar refractivity (Wildman–Crippen MR) is 79.5 cm³/mol. The molecule has 0 saturated carbocycles. The van der Waals surface area contributed by atoms with Crippen molar-refractivity contribution in [2.45, 2.75) is 13.0 Å². The molecule has 0 spiro atoms. The van der Waals surface area contributed by atoms with E-state index in [-0.39, 0.29) is 6.04 Å². The molecule has 0 aliphatic carbocycles. The van der Waals surface area contributed by atoms with Crippen molar-refractivity contribution in [2.24, 2.45) is 5.84 Å². The van der Waals surface area contributed by atoms with E-state index in [4.69, 9.17) is 5.84 Å². The first-order chi connectivity index (χ1) is 10.3. The van der Waals surface area contributed by atoms with Gasteiger partial charge in [0.15, 0.2) is 0 Å². The molecule has 0 aliphatic rings. The minimum atomic E-state index is -0.240. The third-order valence-corrected chi connectivity index (χ3v) is 3.35. The van der Waals surface area contributed by atoms with Gasteiger partial charge in [0.2, 0.25) is 0 Å². The van der Waals surface area contributed by atoms with Crippen molar-refractivity contribution < 1.29 is 0 Å². The minimum Gasteiger partial charge on any atom is -0.271 e. The van der Waals surface area contributed by atoms with Crippen LogP contribution >= 0.6 is 0 Å². The van der Waals surface area contributed by atoms with Gasteiger partial charge >= 0.3 is 0 Å². The van der Waals surface area contributed by atoms with Crippen molar-refractivity contribution in [1.82, 2.24) is 25.4 Å². The second-order valence-electron chi connectivity index (χ2n) is 4.73. The van der Waals surface area contributed by atoms with Crippen LogP contribution in [0.4, 0.5) is 0 Å². The van der Waals surface area contributed by atoms with Gasteiger partial charge in [-0.05, 0) is 36.2 Å². The summed E-state index contributed by atoms with van der Waals surface area (Å²) >= 11 is 0. The molecule has 2 heterocycles. The van der Waals surface area contributed by atoms with E-state index < -0.39 is 0 Å². The number of para-hydroxylation sites is 1. The van der Waals surface area contributed by atoms with E-state index in [0.717, 1.165) is 22.5 Å². The van der Waals surface area contributed by atoms with Crippen LogP contribution in [0.15, 0.2) is 55.0 Å². The Morgan fingerprint density at radius 3 is 2.67 bits per heavy atom. The molecule has 3 aromatic rings. The first-order valence-electron chi connectivity index (χ1n) is 6.64. The zero-order chi connectivity index (χ0) is 14.7. The molecule has 0 aliphatic heterocycles. The first-order valence-corrected chi connectivity index (χ1v) is 6.64. The lowest BCUT2D eigenvalue weighted by atomic mass is 10.0. The molecule has 1 atom stereocenters. The number of nitrogens with one attached hydrogen (secondary N) is 1. The zero-order valence-electron chi connectivity index (χ0n) is 11.6. The molecule has 0 saturated heterocycles. The SMILES string of the molecule is Cc1ccncc1C(NN)c1cnn(-c2ccccc2)n1. The molecule has 1 unspecified atom stereocenters. The van der Waals surface area contributed by atoms with Crippen molar-refractivity contribution >= 4 is 0 Å². The molecule has 3 N–H and O–H groups in total. The van der Waals surface area contributed by atoms with Crippen LogP contribution in [0.5, 0.6) is 0 Å². The Kier molecular flexibility index (Phi) is 3.72. The van der Waals surface area contributed by atoms with Gasteiger partial charge in [0.05, 0.1) is 17.9 Å². The summed E-state index contributed by atoms with van der Waals surface area (Å²) in [4.78, 5) is 5.74. The fraction of sp³-hybridized carbons (Fsp3) is 0.133. The second kappa shape index (κ2) is 5.82. The van der Waals surface area contributed by atoms with Crippen molar-refractivity contribution in [2.75, 3.05) is 0 Å². The minimum absolute atomic E-state index is 0.240. The number of pyridine rings is 1. The highest BCUT2D eigenvalue weighted by Gasteiger charge is 2.18. The molecule has 6 nitrogen and oxygen atoms in total. The average Bonchev–Trinajstić information content (AvgIpc) is 3.00. The Labute approximate surface area is 122 Å². The van der Waals surface area contributed by atoms with Gasteiger partial charge in [0, 0.05) is 12.4 Å². The molecular formula is C15H16N6. The van der Waals surface area contributed by atoms with Crippen LogP contribution in [0, 0.1) is 6.92 Å². The maximum atomic E-state index is 5.70. The number of rotatable bonds is 4. The third kappa shape index (κ3) is 2.67. The van der Waals surface area contributed by atoms with Crippen molar-refractivity contribution in [3.8, 4) is 5.69 Å².